The lowest BCUT2D eigenvalue weighted by molar-refractivity contribution is -0.133. The SMILES string of the molecule is CCCC(CCN)CCC(=O)N(C)C1CCN(C)CC1. The van der Waals surface area contributed by atoms with Gasteiger partial charge < -0.3 is 15.5 Å². The number of hydrogen-bond acceptors (Lipinski definition) is 3. The molecule has 0 aromatic carbocycles. The third-order valence-corrected chi connectivity index (χ3v) is 4.67. The standard InChI is InChI=1S/C16H33N3O/c1-4-5-14(8-11-17)6-7-16(20)19(3)15-9-12-18(2)13-10-15/h14-15H,4-13,17H2,1-3H3. The lowest BCUT2D eigenvalue weighted by atomic mass is 9.94. The van der Waals surface area contributed by atoms with Crippen LogP contribution < -0.4 is 5.73 Å². The van der Waals surface area contributed by atoms with Crippen molar-refractivity contribution in [2.75, 3.05) is 33.7 Å². The van der Waals surface area contributed by atoms with E-state index in [1.54, 1.807) is 0 Å². The van der Waals surface area contributed by atoms with E-state index in [1.165, 1.54) is 12.8 Å². The Morgan fingerprint density at radius 1 is 1.30 bits per heavy atom. The van der Waals surface area contributed by atoms with Crippen LogP contribution in [0.5, 0.6) is 0 Å². The van der Waals surface area contributed by atoms with Gasteiger partial charge in [0, 0.05) is 19.5 Å². The van der Waals surface area contributed by atoms with E-state index in [1.807, 2.05) is 11.9 Å². The molecule has 1 unspecified atom stereocenters. The fourth-order valence-electron chi connectivity index (χ4n) is 3.17. The summed E-state index contributed by atoms with van der Waals surface area (Å²) in [4.78, 5) is 16.7. The molecule has 1 aliphatic heterocycles. The van der Waals surface area contributed by atoms with Gasteiger partial charge in [0.1, 0.15) is 0 Å². The van der Waals surface area contributed by atoms with Gasteiger partial charge in [-0.25, -0.2) is 0 Å². The second kappa shape index (κ2) is 9.35. The first kappa shape index (κ1) is 17.4. The monoisotopic (exact) mass is 283 g/mol. The van der Waals surface area contributed by atoms with Crippen molar-refractivity contribution in [2.24, 2.45) is 11.7 Å². The van der Waals surface area contributed by atoms with Gasteiger partial charge in [-0.15, -0.1) is 0 Å². The minimum Gasteiger partial charge on any atom is -0.343 e. The number of nitrogens with two attached hydrogens (primary N) is 1. The molecule has 1 fully saturated rings. The number of carbonyl (C=O) groups excluding carboxylic acids is 1. The fourth-order valence-corrected chi connectivity index (χ4v) is 3.17. The molecule has 1 amide bonds. The smallest absolute Gasteiger partial charge is 0.222 e. The molecule has 0 radical (unpaired) electrons. The molecule has 0 spiro atoms. The zero-order valence-electron chi connectivity index (χ0n) is 13.6. The molecule has 4 nitrogen and oxygen atoms in total. The summed E-state index contributed by atoms with van der Waals surface area (Å²) in [7, 11) is 4.14. The van der Waals surface area contributed by atoms with E-state index in [0.717, 1.165) is 45.3 Å². The van der Waals surface area contributed by atoms with E-state index in [4.69, 9.17) is 5.73 Å². The van der Waals surface area contributed by atoms with Gasteiger partial charge in [0.25, 0.3) is 0 Å². The van der Waals surface area contributed by atoms with Gasteiger partial charge in [-0.05, 0) is 58.3 Å². The van der Waals surface area contributed by atoms with Crippen LogP contribution in [0.3, 0.4) is 0 Å². The van der Waals surface area contributed by atoms with Crippen LogP contribution in [0.2, 0.25) is 0 Å². The van der Waals surface area contributed by atoms with Crippen molar-refractivity contribution in [1.82, 2.24) is 9.80 Å². The Labute approximate surface area is 124 Å². The Hall–Kier alpha value is -0.610. The minimum atomic E-state index is 0.317. The summed E-state index contributed by atoms with van der Waals surface area (Å²) in [5, 5.41) is 0. The molecule has 20 heavy (non-hydrogen) atoms. The summed E-state index contributed by atoms with van der Waals surface area (Å²) in [6.45, 7) is 5.15. The number of likely N-dealkylation sites (tertiary alicyclic amines) is 1. The largest absolute Gasteiger partial charge is 0.343 e. The maximum atomic E-state index is 12.3. The number of carbonyl (C=O) groups is 1. The zero-order valence-corrected chi connectivity index (χ0v) is 13.6. The Bertz CT molecular complexity index is 269. The van der Waals surface area contributed by atoms with Crippen molar-refractivity contribution in [1.29, 1.82) is 0 Å². The summed E-state index contributed by atoms with van der Waals surface area (Å²) in [6.07, 6.45) is 7.35. The molecule has 1 atom stereocenters. The Morgan fingerprint density at radius 3 is 2.50 bits per heavy atom. The molecular weight excluding hydrogens is 250 g/mol. The van der Waals surface area contributed by atoms with Crippen molar-refractivity contribution in [3.05, 3.63) is 0 Å². The molecule has 118 valence electrons. The molecule has 1 saturated heterocycles. The van der Waals surface area contributed by atoms with Crippen LogP contribution in [0, 0.1) is 5.92 Å². The predicted molar refractivity (Wildman–Crippen MR) is 84.6 cm³/mol. The van der Waals surface area contributed by atoms with Crippen molar-refractivity contribution in [2.45, 2.75) is 57.9 Å². The highest BCUT2D eigenvalue weighted by Gasteiger charge is 2.24. The second-order valence-corrected chi connectivity index (χ2v) is 6.31. The average molecular weight is 283 g/mol. The third-order valence-electron chi connectivity index (χ3n) is 4.67. The van der Waals surface area contributed by atoms with E-state index in [0.29, 0.717) is 24.3 Å². The second-order valence-electron chi connectivity index (χ2n) is 6.31. The molecule has 1 rings (SSSR count). The molecule has 0 aromatic rings. The van der Waals surface area contributed by atoms with Crippen LogP contribution in [0.1, 0.15) is 51.9 Å². The number of nitrogens with zero attached hydrogens (tertiary/aromatic N) is 2. The molecule has 1 heterocycles. The van der Waals surface area contributed by atoms with Crippen molar-refractivity contribution < 1.29 is 4.79 Å². The van der Waals surface area contributed by atoms with E-state index in [9.17, 15) is 4.79 Å². The Kier molecular flexibility index (Phi) is 8.15. The van der Waals surface area contributed by atoms with E-state index >= 15 is 0 Å². The molecular formula is C16H33N3O. The Balaban J connectivity index is 2.33. The maximum Gasteiger partial charge on any atom is 0.222 e. The van der Waals surface area contributed by atoms with Crippen molar-refractivity contribution in [3.63, 3.8) is 0 Å². The van der Waals surface area contributed by atoms with E-state index in [-0.39, 0.29) is 0 Å². The van der Waals surface area contributed by atoms with Crippen molar-refractivity contribution in [3.8, 4) is 0 Å². The van der Waals surface area contributed by atoms with Crippen LogP contribution in [0.15, 0.2) is 0 Å². The minimum absolute atomic E-state index is 0.317. The van der Waals surface area contributed by atoms with Gasteiger partial charge in [0.15, 0.2) is 0 Å². The number of hydrogen-bond donors (Lipinski definition) is 1. The number of amides is 1. The molecule has 4 heteroatoms. The van der Waals surface area contributed by atoms with Gasteiger partial charge in [-0.2, -0.15) is 0 Å². The summed E-state index contributed by atoms with van der Waals surface area (Å²) in [5.74, 6) is 0.942. The summed E-state index contributed by atoms with van der Waals surface area (Å²) in [6, 6.07) is 0.442. The number of rotatable bonds is 8. The van der Waals surface area contributed by atoms with Crippen LogP contribution in [0.4, 0.5) is 0 Å². The summed E-state index contributed by atoms with van der Waals surface area (Å²) >= 11 is 0. The first-order chi connectivity index (χ1) is 9.58. The summed E-state index contributed by atoms with van der Waals surface area (Å²) in [5.41, 5.74) is 5.66. The molecule has 0 saturated carbocycles. The maximum absolute atomic E-state index is 12.3. The molecule has 0 bridgehead atoms. The zero-order chi connectivity index (χ0) is 15.0. The lowest BCUT2D eigenvalue weighted by Gasteiger charge is -2.35. The number of piperidine rings is 1. The van der Waals surface area contributed by atoms with Gasteiger partial charge in [0.2, 0.25) is 5.91 Å². The van der Waals surface area contributed by atoms with Crippen LogP contribution in [-0.2, 0) is 4.79 Å². The Morgan fingerprint density at radius 2 is 1.95 bits per heavy atom. The van der Waals surface area contributed by atoms with E-state index in [2.05, 4.69) is 18.9 Å². The average Bonchev–Trinajstić information content (AvgIpc) is 2.45. The quantitative estimate of drug-likeness (QED) is 0.742. The lowest BCUT2D eigenvalue weighted by Crippen LogP contribution is -2.44. The highest BCUT2D eigenvalue weighted by Crippen LogP contribution is 2.20. The third kappa shape index (κ3) is 5.80. The van der Waals surface area contributed by atoms with Gasteiger partial charge in [-0.1, -0.05) is 19.8 Å². The molecule has 0 aliphatic carbocycles. The van der Waals surface area contributed by atoms with Gasteiger partial charge in [-0.3, -0.25) is 4.79 Å². The summed E-state index contributed by atoms with van der Waals surface area (Å²) < 4.78 is 0. The first-order valence-corrected chi connectivity index (χ1v) is 8.22. The highest BCUT2D eigenvalue weighted by molar-refractivity contribution is 5.76. The van der Waals surface area contributed by atoms with Crippen molar-refractivity contribution >= 4 is 5.91 Å². The van der Waals surface area contributed by atoms with Crippen LogP contribution in [-0.4, -0.2) is 55.5 Å². The fraction of sp³-hybridized carbons (Fsp3) is 0.938. The molecule has 1 aliphatic rings. The van der Waals surface area contributed by atoms with Gasteiger partial charge in [0.05, 0.1) is 0 Å². The van der Waals surface area contributed by atoms with Crippen LogP contribution in [0.25, 0.3) is 0 Å². The first-order valence-electron chi connectivity index (χ1n) is 8.22. The predicted octanol–water partition coefficient (Wildman–Crippen LogP) is 2.08. The normalized spacial score (nSPS) is 19.0. The molecule has 2 N–H and O–H groups in total. The molecule has 0 aromatic heterocycles. The van der Waals surface area contributed by atoms with E-state index < -0.39 is 0 Å². The highest BCUT2D eigenvalue weighted by atomic mass is 16.2. The van der Waals surface area contributed by atoms with Crippen LogP contribution >= 0.6 is 0 Å². The topological polar surface area (TPSA) is 49.6 Å². The van der Waals surface area contributed by atoms with Gasteiger partial charge >= 0.3 is 0 Å².